The van der Waals surface area contributed by atoms with Crippen molar-refractivity contribution in [1.82, 2.24) is 9.88 Å². The molecular formula is C16H16N2O2S. The lowest BCUT2D eigenvalue weighted by Crippen LogP contribution is -2.21. The van der Waals surface area contributed by atoms with Gasteiger partial charge in [0.05, 0.1) is 11.3 Å². The fourth-order valence-electron chi connectivity index (χ4n) is 2.72. The molecular weight excluding hydrogens is 284 g/mol. The van der Waals surface area contributed by atoms with Crippen molar-refractivity contribution in [2.75, 3.05) is 13.3 Å². The third-order valence-electron chi connectivity index (χ3n) is 3.80. The van der Waals surface area contributed by atoms with Gasteiger partial charge in [0.25, 0.3) is 5.91 Å². The SMILES string of the molecule is CS[C@H]1c2c(cc(=O)[nH]c2-c2ccc(C)cc2)C(=O)N1C. The molecule has 0 fully saturated rings. The highest BCUT2D eigenvalue weighted by molar-refractivity contribution is 7.98. The Morgan fingerprint density at radius 2 is 1.86 bits per heavy atom. The zero-order chi connectivity index (χ0) is 15.1. The number of carbonyl (C=O) groups is 1. The zero-order valence-electron chi connectivity index (χ0n) is 12.1. The summed E-state index contributed by atoms with van der Waals surface area (Å²) < 4.78 is 0. The molecule has 0 radical (unpaired) electrons. The molecule has 1 aliphatic heterocycles. The van der Waals surface area contributed by atoms with Gasteiger partial charge in [0.2, 0.25) is 5.56 Å². The van der Waals surface area contributed by atoms with Gasteiger partial charge in [-0.3, -0.25) is 9.59 Å². The predicted molar refractivity (Wildman–Crippen MR) is 85.6 cm³/mol. The van der Waals surface area contributed by atoms with E-state index in [1.807, 2.05) is 37.4 Å². The first-order valence-electron chi connectivity index (χ1n) is 6.67. The van der Waals surface area contributed by atoms with Gasteiger partial charge in [0.1, 0.15) is 5.37 Å². The highest BCUT2D eigenvalue weighted by Crippen LogP contribution is 2.42. The topological polar surface area (TPSA) is 53.2 Å². The van der Waals surface area contributed by atoms with Gasteiger partial charge < -0.3 is 9.88 Å². The van der Waals surface area contributed by atoms with Crippen molar-refractivity contribution >= 4 is 17.7 Å². The molecule has 108 valence electrons. The number of aromatic amines is 1. The molecule has 4 nitrogen and oxygen atoms in total. The molecule has 0 saturated heterocycles. The lowest BCUT2D eigenvalue weighted by atomic mass is 10.0. The number of rotatable bonds is 2. The number of hydrogen-bond donors (Lipinski definition) is 1. The minimum Gasteiger partial charge on any atom is -0.325 e. The van der Waals surface area contributed by atoms with E-state index in [0.29, 0.717) is 5.56 Å². The fourth-order valence-corrected chi connectivity index (χ4v) is 3.61. The van der Waals surface area contributed by atoms with E-state index in [1.165, 1.54) is 6.07 Å². The molecule has 0 saturated carbocycles. The number of pyridine rings is 1. The summed E-state index contributed by atoms with van der Waals surface area (Å²) in [6.07, 6.45) is 1.97. The minimum atomic E-state index is -0.243. The summed E-state index contributed by atoms with van der Waals surface area (Å²) in [6.45, 7) is 2.02. The monoisotopic (exact) mass is 300 g/mol. The maximum Gasteiger partial charge on any atom is 0.255 e. The number of amides is 1. The molecule has 5 heteroatoms. The molecule has 1 N–H and O–H groups in total. The number of hydrogen-bond acceptors (Lipinski definition) is 3. The van der Waals surface area contributed by atoms with E-state index in [4.69, 9.17) is 0 Å². The lowest BCUT2D eigenvalue weighted by molar-refractivity contribution is 0.0813. The van der Waals surface area contributed by atoms with Crippen molar-refractivity contribution in [3.8, 4) is 11.3 Å². The van der Waals surface area contributed by atoms with Crippen molar-refractivity contribution in [2.24, 2.45) is 0 Å². The highest BCUT2D eigenvalue weighted by atomic mass is 32.2. The molecule has 0 unspecified atom stereocenters. The van der Waals surface area contributed by atoms with Crippen LogP contribution in [0.2, 0.25) is 0 Å². The maximum absolute atomic E-state index is 12.3. The molecule has 3 rings (SSSR count). The Hall–Kier alpha value is -2.01. The van der Waals surface area contributed by atoms with Crippen molar-refractivity contribution < 1.29 is 4.79 Å². The van der Waals surface area contributed by atoms with Crippen molar-refractivity contribution in [3.05, 3.63) is 57.4 Å². The predicted octanol–water partition coefficient (Wildman–Crippen LogP) is 2.80. The van der Waals surface area contributed by atoms with Crippen LogP contribution in [-0.4, -0.2) is 29.1 Å². The second-order valence-electron chi connectivity index (χ2n) is 5.21. The lowest BCUT2D eigenvalue weighted by Gasteiger charge is -2.19. The third kappa shape index (κ3) is 2.17. The Balaban J connectivity index is 2.28. The van der Waals surface area contributed by atoms with E-state index in [-0.39, 0.29) is 16.8 Å². The number of aromatic nitrogens is 1. The smallest absolute Gasteiger partial charge is 0.255 e. The van der Waals surface area contributed by atoms with Crippen LogP contribution >= 0.6 is 11.8 Å². The summed E-state index contributed by atoms with van der Waals surface area (Å²) in [6, 6.07) is 9.35. The second kappa shape index (κ2) is 5.07. The third-order valence-corrected chi connectivity index (χ3v) is 4.79. The van der Waals surface area contributed by atoms with E-state index < -0.39 is 0 Å². The van der Waals surface area contributed by atoms with Crippen LogP contribution in [0.25, 0.3) is 11.3 Å². The van der Waals surface area contributed by atoms with Gasteiger partial charge in [-0.2, -0.15) is 0 Å². The summed E-state index contributed by atoms with van der Waals surface area (Å²) in [4.78, 5) is 28.8. The first-order valence-corrected chi connectivity index (χ1v) is 7.96. The van der Waals surface area contributed by atoms with Gasteiger partial charge >= 0.3 is 0 Å². The Bertz CT molecular complexity index is 765. The van der Waals surface area contributed by atoms with Crippen LogP contribution in [0, 0.1) is 6.92 Å². The molecule has 1 atom stereocenters. The summed E-state index contributed by atoms with van der Waals surface area (Å²) in [5.74, 6) is -0.0937. The summed E-state index contributed by atoms with van der Waals surface area (Å²) in [7, 11) is 1.77. The van der Waals surface area contributed by atoms with Gasteiger partial charge in [-0.1, -0.05) is 29.8 Å². The summed E-state index contributed by atoms with van der Waals surface area (Å²) >= 11 is 1.59. The average molecular weight is 300 g/mol. The average Bonchev–Trinajstić information content (AvgIpc) is 2.71. The molecule has 2 aromatic rings. The molecule has 1 aromatic heterocycles. The number of thioether (sulfide) groups is 1. The maximum atomic E-state index is 12.3. The molecule has 0 aliphatic carbocycles. The molecule has 0 bridgehead atoms. The zero-order valence-corrected chi connectivity index (χ0v) is 13.0. The van der Waals surface area contributed by atoms with Gasteiger partial charge in [-0.25, -0.2) is 0 Å². The second-order valence-corrected chi connectivity index (χ2v) is 6.12. The molecule has 1 aliphatic rings. The summed E-state index contributed by atoms with van der Waals surface area (Å²) in [5, 5.41) is -0.0688. The van der Waals surface area contributed by atoms with E-state index in [2.05, 4.69) is 4.98 Å². The van der Waals surface area contributed by atoms with Crippen LogP contribution in [0.3, 0.4) is 0 Å². The number of H-pyrrole nitrogens is 1. The number of fused-ring (bicyclic) bond motifs is 1. The first-order chi connectivity index (χ1) is 10.0. The number of aryl methyl sites for hydroxylation is 1. The van der Waals surface area contributed by atoms with Crippen LogP contribution in [0.5, 0.6) is 0 Å². The quantitative estimate of drug-likeness (QED) is 0.928. The van der Waals surface area contributed by atoms with Crippen LogP contribution in [0.1, 0.15) is 26.9 Å². The van der Waals surface area contributed by atoms with Gasteiger partial charge in [-0.05, 0) is 18.7 Å². The normalized spacial score (nSPS) is 17.2. The van der Waals surface area contributed by atoms with Crippen LogP contribution in [-0.2, 0) is 0 Å². The number of nitrogens with zero attached hydrogens (tertiary/aromatic N) is 1. The van der Waals surface area contributed by atoms with Crippen LogP contribution < -0.4 is 5.56 Å². The largest absolute Gasteiger partial charge is 0.325 e. The van der Waals surface area contributed by atoms with Gasteiger partial charge in [-0.15, -0.1) is 11.8 Å². The number of benzene rings is 1. The van der Waals surface area contributed by atoms with E-state index in [1.54, 1.807) is 23.7 Å². The molecule has 2 heterocycles. The molecule has 21 heavy (non-hydrogen) atoms. The molecule has 1 amide bonds. The Labute approximate surface area is 127 Å². The van der Waals surface area contributed by atoms with Crippen molar-refractivity contribution in [1.29, 1.82) is 0 Å². The number of nitrogens with one attached hydrogen (secondary N) is 1. The molecule has 1 aromatic carbocycles. The summed E-state index contributed by atoms with van der Waals surface area (Å²) in [5.41, 5.74) is 4.00. The Morgan fingerprint density at radius 1 is 1.19 bits per heavy atom. The first kappa shape index (κ1) is 13.9. The van der Waals surface area contributed by atoms with Crippen LogP contribution in [0.4, 0.5) is 0 Å². The van der Waals surface area contributed by atoms with Crippen molar-refractivity contribution in [3.63, 3.8) is 0 Å². The Kier molecular flexibility index (Phi) is 3.37. The standard InChI is InChI=1S/C16H16N2O2S/c1-9-4-6-10(7-5-9)14-13-11(8-12(19)17-14)15(20)18(2)16(13)21-3/h4-8,16H,1-3H3,(H,17,19)/t16-/m0/s1. The van der Waals surface area contributed by atoms with E-state index in [0.717, 1.165) is 22.4 Å². The highest BCUT2D eigenvalue weighted by Gasteiger charge is 2.36. The number of carbonyl (C=O) groups excluding carboxylic acids is 1. The fraction of sp³-hybridized carbons (Fsp3) is 0.250. The Morgan fingerprint density at radius 3 is 2.48 bits per heavy atom. The molecule has 0 spiro atoms. The van der Waals surface area contributed by atoms with Crippen LogP contribution in [0.15, 0.2) is 35.1 Å². The minimum absolute atomic E-state index is 0.0688. The van der Waals surface area contributed by atoms with Gasteiger partial charge in [0, 0.05) is 18.7 Å². The van der Waals surface area contributed by atoms with Crippen molar-refractivity contribution in [2.45, 2.75) is 12.3 Å². The van der Waals surface area contributed by atoms with E-state index in [9.17, 15) is 9.59 Å². The van der Waals surface area contributed by atoms with Gasteiger partial charge in [0.15, 0.2) is 0 Å². The van der Waals surface area contributed by atoms with E-state index >= 15 is 0 Å².